The number of aromatic nitrogens is 1. The van der Waals surface area contributed by atoms with Crippen molar-refractivity contribution in [1.82, 2.24) is 3.97 Å². The molecule has 0 aliphatic heterocycles. The van der Waals surface area contributed by atoms with Gasteiger partial charge in [-0.25, -0.2) is 17.2 Å². The van der Waals surface area contributed by atoms with E-state index in [0.29, 0.717) is 16.2 Å². The van der Waals surface area contributed by atoms with Gasteiger partial charge in [0.15, 0.2) is 0 Å². The van der Waals surface area contributed by atoms with Gasteiger partial charge in [-0.3, -0.25) is 0 Å². The first-order valence-electron chi connectivity index (χ1n) is 7.18. The Labute approximate surface area is 149 Å². The van der Waals surface area contributed by atoms with E-state index in [2.05, 4.69) is 0 Å². The number of rotatable bonds is 4. The van der Waals surface area contributed by atoms with Gasteiger partial charge in [-0.1, -0.05) is 29.8 Å². The zero-order valence-electron chi connectivity index (χ0n) is 13.4. The number of halogens is 1. The van der Waals surface area contributed by atoms with Crippen LogP contribution in [0.1, 0.15) is 10.5 Å². The van der Waals surface area contributed by atoms with Crippen molar-refractivity contribution >= 4 is 38.5 Å². The van der Waals surface area contributed by atoms with Crippen LogP contribution in [0.5, 0.6) is 5.75 Å². The Hall–Kier alpha value is -2.51. The lowest BCUT2D eigenvalue weighted by molar-refractivity contribution is 0.0593. The van der Waals surface area contributed by atoms with Crippen LogP contribution in [-0.4, -0.2) is 32.6 Å². The molecule has 1 aromatic heterocycles. The second-order valence-electron chi connectivity index (χ2n) is 5.15. The van der Waals surface area contributed by atoms with E-state index < -0.39 is 16.0 Å². The van der Waals surface area contributed by atoms with E-state index in [0.717, 1.165) is 3.97 Å². The Morgan fingerprint density at radius 3 is 2.36 bits per heavy atom. The van der Waals surface area contributed by atoms with E-state index in [1.165, 1.54) is 38.5 Å². The molecule has 0 saturated carbocycles. The molecule has 0 fully saturated rings. The highest BCUT2D eigenvalue weighted by Gasteiger charge is 2.27. The van der Waals surface area contributed by atoms with Gasteiger partial charge < -0.3 is 9.47 Å². The van der Waals surface area contributed by atoms with Gasteiger partial charge in [0.1, 0.15) is 11.4 Å². The molecule has 1 heterocycles. The third kappa shape index (κ3) is 2.85. The van der Waals surface area contributed by atoms with E-state index in [1.54, 1.807) is 24.3 Å². The smallest absolute Gasteiger partial charge is 0.355 e. The predicted octanol–water partition coefficient (Wildman–Crippen LogP) is 3.33. The molecule has 0 saturated heterocycles. The van der Waals surface area contributed by atoms with Crippen LogP contribution in [-0.2, 0) is 14.8 Å². The first kappa shape index (κ1) is 17.3. The van der Waals surface area contributed by atoms with Crippen LogP contribution in [0.2, 0.25) is 5.02 Å². The average molecular weight is 380 g/mol. The molecule has 0 bridgehead atoms. The SMILES string of the molecule is COC(=O)c1cc2cc(Cl)c(OC)cc2n1S(=O)(=O)c1ccccc1. The number of carbonyl (C=O) groups is 1. The number of benzene rings is 2. The van der Waals surface area contributed by atoms with Crippen LogP contribution in [0.25, 0.3) is 10.9 Å². The predicted molar refractivity (Wildman–Crippen MR) is 93.9 cm³/mol. The standard InChI is InChI=1S/C17H14ClNO5S/c1-23-16-10-14-11(8-13(16)18)9-15(17(20)24-2)19(14)25(21,22)12-6-4-3-5-7-12/h3-10H,1-2H3. The molecule has 0 atom stereocenters. The number of methoxy groups -OCH3 is 2. The minimum absolute atomic E-state index is 0.0477. The molecule has 8 heteroatoms. The summed E-state index contributed by atoms with van der Waals surface area (Å²) in [7, 11) is -1.42. The maximum Gasteiger partial charge on any atom is 0.355 e. The van der Waals surface area contributed by atoms with Crippen molar-refractivity contribution in [3.05, 3.63) is 59.2 Å². The summed E-state index contributed by atoms with van der Waals surface area (Å²) in [6.07, 6.45) is 0. The van der Waals surface area contributed by atoms with Crippen LogP contribution < -0.4 is 4.74 Å². The number of hydrogen-bond donors (Lipinski definition) is 0. The normalized spacial score (nSPS) is 11.5. The molecule has 6 nitrogen and oxygen atoms in total. The van der Waals surface area contributed by atoms with Crippen molar-refractivity contribution in [3.8, 4) is 5.75 Å². The zero-order valence-corrected chi connectivity index (χ0v) is 15.0. The quantitative estimate of drug-likeness (QED) is 0.650. The van der Waals surface area contributed by atoms with Crippen molar-refractivity contribution in [2.45, 2.75) is 4.90 Å². The van der Waals surface area contributed by atoms with Gasteiger partial charge in [-0.05, 0) is 24.3 Å². The third-order valence-electron chi connectivity index (χ3n) is 3.71. The van der Waals surface area contributed by atoms with E-state index in [4.69, 9.17) is 21.1 Å². The van der Waals surface area contributed by atoms with Crippen LogP contribution in [0.3, 0.4) is 0 Å². The molecule has 25 heavy (non-hydrogen) atoms. The summed E-state index contributed by atoms with van der Waals surface area (Å²) in [5.74, 6) is -0.473. The highest BCUT2D eigenvalue weighted by molar-refractivity contribution is 7.90. The molecule has 0 unspecified atom stereocenters. The summed E-state index contributed by atoms with van der Waals surface area (Å²) in [5, 5.41) is 0.784. The van der Waals surface area contributed by atoms with Crippen molar-refractivity contribution in [2.75, 3.05) is 14.2 Å². The molecule has 0 amide bonds. The number of nitrogens with zero attached hydrogens (tertiary/aromatic N) is 1. The average Bonchev–Trinajstić information content (AvgIpc) is 2.99. The fraction of sp³-hybridized carbons (Fsp3) is 0.118. The van der Waals surface area contributed by atoms with Crippen LogP contribution >= 0.6 is 11.6 Å². The van der Waals surface area contributed by atoms with E-state index >= 15 is 0 Å². The molecule has 0 aliphatic rings. The van der Waals surface area contributed by atoms with Crippen molar-refractivity contribution in [3.63, 3.8) is 0 Å². The van der Waals surface area contributed by atoms with Crippen molar-refractivity contribution in [1.29, 1.82) is 0 Å². The summed E-state index contributed by atoms with van der Waals surface area (Å²) >= 11 is 6.11. The van der Waals surface area contributed by atoms with Gasteiger partial charge in [0.2, 0.25) is 0 Å². The molecule has 0 spiro atoms. The molecule has 2 aromatic carbocycles. The Morgan fingerprint density at radius 2 is 1.76 bits per heavy atom. The highest BCUT2D eigenvalue weighted by Crippen LogP contribution is 2.34. The summed E-state index contributed by atoms with van der Waals surface area (Å²) < 4.78 is 37.1. The van der Waals surface area contributed by atoms with Gasteiger partial charge in [-0.15, -0.1) is 0 Å². The molecular formula is C17H14ClNO5S. The lowest BCUT2D eigenvalue weighted by Gasteiger charge is -2.11. The summed E-state index contributed by atoms with van der Waals surface area (Å²) in [6, 6.07) is 12.3. The zero-order chi connectivity index (χ0) is 18.2. The Balaban J connectivity index is 2.40. The first-order valence-corrected chi connectivity index (χ1v) is 9.00. The number of ether oxygens (including phenoxy) is 2. The fourth-order valence-electron chi connectivity index (χ4n) is 2.54. The minimum Gasteiger partial charge on any atom is -0.495 e. The number of carbonyl (C=O) groups excluding carboxylic acids is 1. The monoisotopic (exact) mass is 379 g/mol. The first-order chi connectivity index (χ1) is 11.9. The van der Waals surface area contributed by atoms with Crippen LogP contribution in [0.4, 0.5) is 0 Å². The van der Waals surface area contributed by atoms with Crippen LogP contribution in [0, 0.1) is 0 Å². The maximum absolute atomic E-state index is 13.1. The molecule has 0 N–H and O–H groups in total. The van der Waals surface area contributed by atoms with E-state index in [9.17, 15) is 13.2 Å². The minimum atomic E-state index is -4.03. The van der Waals surface area contributed by atoms with E-state index in [-0.39, 0.29) is 16.1 Å². The number of hydrogen-bond acceptors (Lipinski definition) is 5. The Kier molecular flexibility index (Phi) is 4.45. The van der Waals surface area contributed by atoms with E-state index in [1.807, 2.05) is 0 Å². The highest BCUT2D eigenvalue weighted by atomic mass is 35.5. The summed E-state index contributed by atoms with van der Waals surface area (Å²) in [4.78, 5) is 12.2. The molecule has 0 aliphatic carbocycles. The second-order valence-corrected chi connectivity index (χ2v) is 7.34. The van der Waals surface area contributed by atoms with Crippen LogP contribution in [0.15, 0.2) is 53.4 Å². The molecule has 0 radical (unpaired) electrons. The Morgan fingerprint density at radius 1 is 1.08 bits per heavy atom. The van der Waals surface area contributed by atoms with Gasteiger partial charge in [0.25, 0.3) is 10.0 Å². The summed E-state index contributed by atoms with van der Waals surface area (Å²) in [5.41, 5.74) is 0.149. The van der Waals surface area contributed by atoms with Gasteiger partial charge in [-0.2, -0.15) is 0 Å². The Bertz CT molecular complexity index is 1060. The van der Waals surface area contributed by atoms with Gasteiger partial charge in [0, 0.05) is 11.5 Å². The summed E-state index contributed by atoms with van der Waals surface area (Å²) in [6.45, 7) is 0. The number of fused-ring (bicyclic) bond motifs is 1. The van der Waals surface area contributed by atoms with Crippen molar-refractivity contribution < 1.29 is 22.7 Å². The van der Waals surface area contributed by atoms with Gasteiger partial charge in [0.05, 0.1) is 29.7 Å². The molecular weight excluding hydrogens is 366 g/mol. The molecule has 3 rings (SSSR count). The third-order valence-corrected chi connectivity index (χ3v) is 5.74. The lowest BCUT2D eigenvalue weighted by Crippen LogP contribution is -2.19. The fourth-order valence-corrected chi connectivity index (χ4v) is 4.31. The second kappa shape index (κ2) is 6.42. The number of esters is 1. The molecule has 130 valence electrons. The largest absolute Gasteiger partial charge is 0.495 e. The lowest BCUT2D eigenvalue weighted by atomic mass is 10.2. The van der Waals surface area contributed by atoms with Crippen molar-refractivity contribution in [2.24, 2.45) is 0 Å². The maximum atomic E-state index is 13.1. The molecule has 3 aromatic rings. The van der Waals surface area contributed by atoms with Gasteiger partial charge >= 0.3 is 5.97 Å². The topological polar surface area (TPSA) is 74.6 Å².